The molecule has 1 aliphatic heterocycles. The van der Waals surface area contributed by atoms with E-state index < -0.39 is 10.0 Å². The van der Waals surface area contributed by atoms with E-state index in [0.717, 1.165) is 5.69 Å². The molecule has 1 N–H and O–H groups in total. The summed E-state index contributed by atoms with van der Waals surface area (Å²) in [7, 11) is -3.45. The zero-order chi connectivity index (χ0) is 11.3. The number of hydrogen-bond acceptors (Lipinski definition) is 3. The van der Waals surface area contributed by atoms with E-state index in [2.05, 4.69) is 9.82 Å². The SMILES string of the molecule is Cc1cc2n(n1)-c1ccccc1S(=O)(=O)N2. The van der Waals surface area contributed by atoms with Crippen molar-refractivity contribution in [2.75, 3.05) is 4.72 Å². The van der Waals surface area contributed by atoms with Crippen LogP contribution in [0.5, 0.6) is 0 Å². The average molecular weight is 235 g/mol. The van der Waals surface area contributed by atoms with Crippen molar-refractivity contribution in [1.29, 1.82) is 0 Å². The highest BCUT2D eigenvalue weighted by Crippen LogP contribution is 2.30. The van der Waals surface area contributed by atoms with Gasteiger partial charge in [-0.25, -0.2) is 13.1 Å². The van der Waals surface area contributed by atoms with Gasteiger partial charge in [-0.15, -0.1) is 0 Å². The van der Waals surface area contributed by atoms with Crippen LogP contribution in [0.1, 0.15) is 5.69 Å². The molecule has 5 nitrogen and oxygen atoms in total. The Kier molecular flexibility index (Phi) is 1.68. The maximum atomic E-state index is 11.9. The quantitative estimate of drug-likeness (QED) is 0.748. The highest BCUT2D eigenvalue weighted by atomic mass is 32.2. The summed E-state index contributed by atoms with van der Waals surface area (Å²) in [5.74, 6) is 0.483. The Morgan fingerprint density at radius 1 is 1.31 bits per heavy atom. The van der Waals surface area contributed by atoms with E-state index in [4.69, 9.17) is 0 Å². The molecule has 0 radical (unpaired) electrons. The zero-order valence-electron chi connectivity index (χ0n) is 8.51. The monoisotopic (exact) mass is 235 g/mol. The van der Waals surface area contributed by atoms with Gasteiger partial charge in [0.25, 0.3) is 10.0 Å². The number of rotatable bonds is 0. The molecule has 2 aromatic rings. The van der Waals surface area contributed by atoms with Crippen LogP contribution in [0.4, 0.5) is 5.82 Å². The summed E-state index contributed by atoms with van der Waals surface area (Å²) in [5, 5.41) is 4.25. The third-order valence-electron chi connectivity index (χ3n) is 2.45. The van der Waals surface area contributed by atoms with Gasteiger partial charge in [-0.1, -0.05) is 12.1 Å². The van der Waals surface area contributed by atoms with Crippen LogP contribution in [-0.4, -0.2) is 18.2 Å². The van der Waals surface area contributed by atoms with E-state index in [9.17, 15) is 8.42 Å². The molecule has 0 fully saturated rings. The average Bonchev–Trinajstić information content (AvgIpc) is 2.58. The lowest BCUT2D eigenvalue weighted by atomic mass is 10.3. The van der Waals surface area contributed by atoms with Crippen molar-refractivity contribution in [3.63, 3.8) is 0 Å². The predicted octanol–water partition coefficient (Wildman–Crippen LogP) is 1.29. The van der Waals surface area contributed by atoms with Gasteiger partial charge >= 0.3 is 0 Å². The van der Waals surface area contributed by atoms with Crippen molar-refractivity contribution in [1.82, 2.24) is 9.78 Å². The molecule has 1 aliphatic rings. The number of anilines is 1. The Labute approximate surface area is 92.8 Å². The van der Waals surface area contributed by atoms with Gasteiger partial charge in [0, 0.05) is 6.07 Å². The number of aryl methyl sites for hydroxylation is 1. The minimum Gasteiger partial charge on any atom is -0.263 e. The third kappa shape index (κ3) is 1.16. The summed E-state index contributed by atoms with van der Waals surface area (Å²) in [6.45, 7) is 1.82. The van der Waals surface area contributed by atoms with Gasteiger partial charge in [-0.3, -0.25) is 4.72 Å². The normalized spacial score (nSPS) is 16.1. The molecule has 0 saturated carbocycles. The maximum Gasteiger partial charge on any atom is 0.265 e. The van der Waals surface area contributed by atoms with Crippen LogP contribution in [0.15, 0.2) is 35.2 Å². The molecule has 82 valence electrons. The molecule has 0 saturated heterocycles. The second-order valence-electron chi connectivity index (χ2n) is 3.66. The molecule has 3 rings (SSSR count). The Morgan fingerprint density at radius 3 is 2.88 bits per heavy atom. The molecule has 16 heavy (non-hydrogen) atoms. The lowest BCUT2D eigenvalue weighted by Gasteiger charge is -2.19. The number of benzene rings is 1. The van der Waals surface area contributed by atoms with Crippen molar-refractivity contribution in [3.05, 3.63) is 36.0 Å². The van der Waals surface area contributed by atoms with Crippen LogP contribution < -0.4 is 4.72 Å². The second kappa shape index (κ2) is 2.85. The van der Waals surface area contributed by atoms with Crippen molar-refractivity contribution in [3.8, 4) is 5.69 Å². The summed E-state index contributed by atoms with van der Waals surface area (Å²) >= 11 is 0. The molecule has 6 heteroatoms. The van der Waals surface area contributed by atoms with E-state index in [1.165, 1.54) is 0 Å². The summed E-state index contributed by atoms with van der Waals surface area (Å²) in [6.07, 6.45) is 0. The summed E-state index contributed by atoms with van der Waals surface area (Å²) in [6, 6.07) is 8.49. The number of aromatic nitrogens is 2. The molecule has 0 bridgehead atoms. The molecule has 0 spiro atoms. The fourth-order valence-electron chi connectivity index (χ4n) is 1.81. The predicted molar refractivity (Wildman–Crippen MR) is 59.1 cm³/mol. The van der Waals surface area contributed by atoms with Crippen LogP contribution in [0.2, 0.25) is 0 Å². The van der Waals surface area contributed by atoms with Crippen molar-refractivity contribution in [2.45, 2.75) is 11.8 Å². The summed E-state index contributed by atoms with van der Waals surface area (Å²) < 4.78 is 27.9. The summed E-state index contributed by atoms with van der Waals surface area (Å²) in [4.78, 5) is 0.255. The molecule has 1 aromatic heterocycles. The first-order valence-electron chi connectivity index (χ1n) is 4.77. The number of nitrogens with one attached hydrogen (secondary N) is 1. The van der Waals surface area contributed by atoms with E-state index in [1.807, 2.05) is 6.92 Å². The second-order valence-corrected chi connectivity index (χ2v) is 5.31. The van der Waals surface area contributed by atoms with Crippen LogP contribution in [0, 0.1) is 6.92 Å². The first kappa shape index (κ1) is 9.41. The molecule has 0 atom stereocenters. The van der Waals surface area contributed by atoms with Gasteiger partial charge in [0.2, 0.25) is 0 Å². The fourth-order valence-corrected chi connectivity index (χ4v) is 3.03. The number of para-hydroxylation sites is 1. The highest BCUT2D eigenvalue weighted by molar-refractivity contribution is 7.93. The molecule has 0 unspecified atom stereocenters. The van der Waals surface area contributed by atoms with Gasteiger partial charge in [0.05, 0.1) is 11.4 Å². The first-order valence-corrected chi connectivity index (χ1v) is 6.25. The Morgan fingerprint density at radius 2 is 2.06 bits per heavy atom. The van der Waals surface area contributed by atoms with Gasteiger partial charge in [0.15, 0.2) is 0 Å². The summed E-state index contributed by atoms with van der Waals surface area (Å²) in [5.41, 5.74) is 1.36. The van der Waals surface area contributed by atoms with Crippen molar-refractivity contribution in [2.24, 2.45) is 0 Å². The lowest BCUT2D eigenvalue weighted by Crippen LogP contribution is -2.23. The van der Waals surface area contributed by atoms with E-state index in [1.54, 1.807) is 35.0 Å². The van der Waals surface area contributed by atoms with E-state index in [0.29, 0.717) is 11.5 Å². The van der Waals surface area contributed by atoms with E-state index in [-0.39, 0.29) is 4.90 Å². The van der Waals surface area contributed by atoms with Crippen LogP contribution in [0.3, 0.4) is 0 Å². The van der Waals surface area contributed by atoms with Gasteiger partial charge in [-0.2, -0.15) is 5.10 Å². The number of fused-ring (bicyclic) bond motifs is 3. The van der Waals surface area contributed by atoms with Crippen LogP contribution in [0.25, 0.3) is 5.69 Å². The first-order chi connectivity index (χ1) is 7.58. The standard InChI is InChI=1S/C10H9N3O2S/c1-7-6-10-12-16(14,15)9-5-3-2-4-8(9)13(10)11-7/h2-6,12H,1H3. The number of hydrogen-bond donors (Lipinski definition) is 1. The zero-order valence-corrected chi connectivity index (χ0v) is 9.32. The smallest absolute Gasteiger partial charge is 0.263 e. The Bertz CT molecular complexity index is 673. The largest absolute Gasteiger partial charge is 0.265 e. The third-order valence-corrected chi connectivity index (χ3v) is 3.86. The topological polar surface area (TPSA) is 64.0 Å². The molecule has 1 aromatic carbocycles. The molecule has 2 heterocycles. The molecule has 0 amide bonds. The van der Waals surface area contributed by atoms with Crippen LogP contribution >= 0.6 is 0 Å². The van der Waals surface area contributed by atoms with Crippen LogP contribution in [-0.2, 0) is 10.0 Å². The van der Waals surface area contributed by atoms with Gasteiger partial charge in [-0.05, 0) is 19.1 Å². The van der Waals surface area contributed by atoms with Gasteiger partial charge in [0.1, 0.15) is 10.7 Å². The van der Waals surface area contributed by atoms with E-state index >= 15 is 0 Å². The van der Waals surface area contributed by atoms with Crippen molar-refractivity contribution >= 4 is 15.8 Å². The Balaban J connectivity index is 2.41. The maximum absolute atomic E-state index is 11.9. The van der Waals surface area contributed by atoms with Gasteiger partial charge < -0.3 is 0 Å². The minimum absolute atomic E-state index is 0.255. The number of nitrogens with zero attached hydrogens (tertiary/aromatic N) is 2. The van der Waals surface area contributed by atoms with Crippen molar-refractivity contribution < 1.29 is 8.42 Å². The lowest BCUT2D eigenvalue weighted by molar-refractivity contribution is 0.597. The minimum atomic E-state index is -3.45. The molecule has 0 aliphatic carbocycles. The highest BCUT2D eigenvalue weighted by Gasteiger charge is 2.27. The molecular weight excluding hydrogens is 226 g/mol. The Hall–Kier alpha value is -1.82. The number of sulfonamides is 1. The molecular formula is C10H9N3O2S. The fraction of sp³-hybridized carbons (Fsp3) is 0.100.